The van der Waals surface area contributed by atoms with Gasteiger partial charge in [0.15, 0.2) is 9.84 Å². The smallest absolute Gasteiger partial charge is 0.744 e. The van der Waals surface area contributed by atoms with Crippen molar-refractivity contribution < 1.29 is 155 Å². The predicted molar refractivity (Wildman–Crippen MR) is 201 cm³/mol. The van der Waals surface area contributed by atoms with Crippen molar-refractivity contribution >= 4 is 104 Å². The van der Waals surface area contributed by atoms with Gasteiger partial charge in [-0.1, -0.05) is 7.43 Å². The summed E-state index contributed by atoms with van der Waals surface area (Å²) in [6, 6.07) is 10.3. The van der Waals surface area contributed by atoms with Crippen LogP contribution in [0.4, 0.5) is 45.8 Å². The Hall–Kier alpha value is -3.18. The zero-order valence-corrected chi connectivity index (χ0v) is 41.8. The van der Waals surface area contributed by atoms with Crippen molar-refractivity contribution in [1.29, 1.82) is 0 Å². The van der Waals surface area contributed by atoms with E-state index in [1.165, 1.54) is 22.9 Å². The van der Waals surface area contributed by atoms with Crippen LogP contribution in [-0.4, -0.2) is 80.6 Å². The SMILES string of the molecule is C.Nc1c(N=Nc2cc(Nc3nc(Cl)nc(-[n+]4cccc(C(=O)[O-])c4)n3)ccc2S(=O)(=O)[O-])cc(S(=O)(=O)[O-])c(N)c1N=Nc1ccc(S(=O)(=O)CCOS(=O)(=O)[O-])cc1.[Na+].[Na+].[Na+]. The maximum atomic E-state index is 12.5. The molecule has 0 bridgehead atoms. The number of anilines is 4. The first-order valence-corrected chi connectivity index (χ1v) is 21.6. The largest absolute Gasteiger partial charge is 1.00 e. The number of aromatic carboxylic acids is 1. The van der Waals surface area contributed by atoms with Gasteiger partial charge in [0.25, 0.3) is 0 Å². The van der Waals surface area contributed by atoms with Crippen LogP contribution in [0.5, 0.6) is 0 Å². The van der Waals surface area contributed by atoms with Crippen molar-refractivity contribution in [3.8, 4) is 5.95 Å². The Balaban J connectivity index is 0.00000496. The number of nitrogen functional groups attached to an aromatic ring is 2. The van der Waals surface area contributed by atoms with Gasteiger partial charge >= 0.3 is 106 Å². The molecule has 0 saturated heterocycles. The molecule has 0 radical (unpaired) electrons. The monoisotopic (exact) mass is 995 g/mol. The molecule has 0 spiro atoms. The zero-order valence-electron chi connectivity index (χ0n) is 31.8. The average molecular weight is 996 g/mol. The van der Waals surface area contributed by atoms with Gasteiger partial charge in [-0.15, -0.1) is 15.3 Å². The average Bonchev–Trinajstić information content (AvgIpc) is 3.13. The molecule has 5 aromatic rings. The number of nitrogens with zero attached hydrogens (tertiary/aromatic N) is 8. The summed E-state index contributed by atoms with van der Waals surface area (Å²) in [5.74, 6) is -2.81. The number of hydrogen-bond acceptors (Lipinski definition) is 24. The van der Waals surface area contributed by atoms with E-state index in [-0.39, 0.29) is 135 Å². The second-order valence-corrected chi connectivity index (χ2v) is 17.4. The number of carboxylic acids is 1. The molecule has 318 valence electrons. The van der Waals surface area contributed by atoms with Crippen LogP contribution in [0.2, 0.25) is 5.28 Å². The summed E-state index contributed by atoms with van der Waals surface area (Å²) in [6.07, 6.45) is 2.51. The van der Waals surface area contributed by atoms with Gasteiger partial charge in [-0.3, -0.25) is 4.18 Å². The molecule has 0 aliphatic rings. The van der Waals surface area contributed by atoms with Crippen LogP contribution in [0.1, 0.15) is 17.8 Å². The fraction of sp³-hybridized carbons (Fsp3) is 0.100. The molecule has 2 heterocycles. The molecule has 2 aromatic heterocycles. The Morgan fingerprint density at radius 1 is 0.778 bits per heavy atom. The van der Waals surface area contributed by atoms with Gasteiger partial charge in [-0.2, -0.15) is 10.1 Å². The molecule has 0 amide bonds. The van der Waals surface area contributed by atoms with Crippen LogP contribution in [0.25, 0.3) is 5.95 Å². The third kappa shape index (κ3) is 15.7. The number of hydrogen-bond donors (Lipinski definition) is 3. The van der Waals surface area contributed by atoms with Gasteiger partial charge in [-0.05, 0) is 82.2 Å². The van der Waals surface area contributed by atoms with E-state index in [0.29, 0.717) is 6.07 Å². The molecule has 0 aliphatic carbocycles. The number of carbonyl (C=O) groups is 1. The first-order chi connectivity index (χ1) is 27.4. The van der Waals surface area contributed by atoms with Crippen molar-refractivity contribution in [1.82, 2.24) is 15.0 Å². The van der Waals surface area contributed by atoms with Gasteiger partial charge in [0.1, 0.15) is 37.3 Å². The van der Waals surface area contributed by atoms with Crippen molar-refractivity contribution in [3.05, 3.63) is 83.9 Å². The fourth-order valence-corrected chi connectivity index (χ4v) is 7.45. The Labute approximate surface area is 430 Å². The van der Waals surface area contributed by atoms with E-state index in [4.69, 9.17) is 23.1 Å². The number of pyridine rings is 1. The van der Waals surface area contributed by atoms with Crippen molar-refractivity contribution in [2.45, 2.75) is 22.1 Å². The maximum absolute atomic E-state index is 12.5. The van der Waals surface area contributed by atoms with Gasteiger partial charge in [0, 0.05) is 11.3 Å². The molecule has 3 aromatic carbocycles. The Morgan fingerprint density at radius 2 is 1.40 bits per heavy atom. The molecule has 33 heteroatoms. The van der Waals surface area contributed by atoms with E-state index in [0.717, 1.165) is 48.7 Å². The number of carboxylic acid groups (broad SMARTS) is 1. The van der Waals surface area contributed by atoms with Gasteiger partial charge < -0.3 is 40.3 Å². The molecule has 0 saturated carbocycles. The fourth-order valence-electron chi connectivity index (χ4n) is 4.60. The summed E-state index contributed by atoms with van der Waals surface area (Å²) in [6.45, 7) is -0.952. The number of nitrogens with one attached hydrogen (secondary N) is 1. The topological polar surface area (TPSA) is 411 Å². The molecule has 25 nitrogen and oxygen atoms in total. The molecular formula is C30H25ClN11Na3O14S4. The summed E-state index contributed by atoms with van der Waals surface area (Å²) >= 11 is 6.04. The molecular weight excluding hydrogens is 971 g/mol. The molecule has 0 aliphatic heterocycles. The second kappa shape index (κ2) is 23.3. The minimum absolute atomic E-state index is 0. The number of benzene rings is 3. The number of rotatable bonds is 15. The number of aromatic nitrogens is 4. The summed E-state index contributed by atoms with van der Waals surface area (Å²) in [7, 11) is -19.9. The van der Waals surface area contributed by atoms with E-state index in [9.17, 15) is 57.2 Å². The Bertz CT molecular complexity index is 3030. The summed E-state index contributed by atoms with van der Waals surface area (Å²) in [4.78, 5) is 20.9. The number of halogens is 1. The number of azo groups is 2. The van der Waals surface area contributed by atoms with Crippen LogP contribution < -0.4 is 115 Å². The van der Waals surface area contributed by atoms with Crippen molar-refractivity contribution in [2.75, 3.05) is 29.1 Å². The molecule has 63 heavy (non-hydrogen) atoms. The molecule has 0 atom stereocenters. The first-order valence-electron chi connectivity index (χ1n) is 15.4. The Morgan fingerprint density at radius 3 is 1.98 bits per heavy atom. The van der Waals surface area contributed by atoms with Gasteiger partial charge in [0.05, 0.1) is 62.5 Å². The minimum Gasteiger partial charge on any atom is -0.744 e. The third-order valence-corrected chi connectivity index (χ3v) is 11.3. The summed E-state index contributed by atoms with van der Waals surface area (Å²) < 4.78 is 135. The van der Waals surface area contributed by atoms with E-state index >= 15 is 0 Å². The maximum Gasteiger partial charge on any atom is 1.00 e. The van der Waals surface area contributed by atoms with Crippen molar-refractivity contribution in [3.63, 3.8) is 0 Å². The van der Waals surface area contributed by atoms with Crippen LogP contribution in [0, 0.1) is 0 Å². The number of sulfone groups is 1. The van der Waals surface area contributed by atoms with E-state index in [2.05, 4.69) is 44.9 Å². The van der Waals surface area contributed by atoms with Crippen LogP contribution in [0.3, 0.4) is 0 Å². The predicted octanol–water partition coefficient (Wildman–Crippen LogP) is -7.39. The van der Waals surface area contributed by atoms with Crippen molar-refractivity contribution in [2.24, 2.45) is 20.5 Å². The standard InChI is InChI=1S/C29H24ClN11O14S4.CH4.3Na/c30-27-34-28(36-29(35-27)41-9-1-2-15(14-41)26(42)43)33-17-5-8-21(57(46,47)48)19(12-17)38-39-20-13-22(58(49,50)51)24(32)25(23(20)31)40-37-16-3-6-18(7-4-16)56(44,45)11-10-55-59(52,53)54;;;;/h1-9,12-14H,10-11H2,(H8-,31,32,33,34,35,36,37,38,42,43,46,47,48,49,50,51,52,53,54);1H4;;;/q;;3*+1/p-3. The van der Waals surface area contributed by atoms with E-state index < -0.39 is 97.0 Å². The number of carbonyl (C=O) groups excluding carboxylic acids is 1. The normalized spacial score (nSPS) is 11.8. The first kappa shape index (κ1) is 57.8. The number of nitrogens with two attached hydrogens (primary N) is 2. The summed E-state index contributed by atoms with van der Waals surface area (Å²) in [5, 5.41) is 28.7. The Kier molecular flexibility index (Phi) is 21.4. The van der Waals surface area contributed by atoms with Crippen LogP contribution in [-0.2, 0) is 44.7 Å². The third-order valence-electron chi connectivity index (χ3n) is 7.24. The molecule has 0 fully saturated rings. The summed E-state index contributed by atoms with van der Waals surface area (Å²) in [5.41, 5.74) is 8.34. The van der Waals surface area contributed by atoms with E-state index in [1.807, 2.05) is 0 Å². The molecule has 0 unspecified atom stereocenters. The minimum atomic E-state index is -5.39. The van der Waals surface area contributed by atoms with Gasteiger partial charge in [-0.25, -0.2) is 38.2 Å². The quantitative estimate of drug-likeness (QED) is 0.0219. The van der Waals surface area contributed by atoms with Crippen LogP contribution in [0.15, 0.2) is 108 Å². The van der Waals surface area contributed by atoms with Crippen LogP contribution >= 0.6 is 11.6 Å². The van der Waals surface area contributed by atoms with Gasteiger partial charge in [0.2, 0.25) is 10.4 Å². The van der Waals surface area contributed by atoms with E-state index in [1.54, 1.807) is 0 Å². The second-order valence-electron chi connectivity index (χ2n) is 11.2. The molecule has 5 N–H and O–H groups in total. The molecule has 5 rings (SSSR count). The zero-order chi connectivity index (χ0) is 43.5.